The highest BCUT2D eigenvalue weighted by Crippen LogP contribution is 2.28. The van der Waals surface area contributed by atoms with E-state index in [0.29, 0.717) is 13.1 Å². The predicted octanol–water partition coefficient (Wildman–Crippen LogP) is 4.21. The molecule has 9 nitrogen and oxygen atoms in total. The number of carbonyl (C=O) groups excluding carboxylic acids is 3. The van der Waals surface area contributed by atoms with Gasteiger partial charge >= 0.3 is 17.9 Å². The number of hydrogen-bond acceptors (Lipinski definition) is 9. The third-order valence-electron chi connectivity index (χ3n) is 7.07. The van der Waals surface area contributed by atoms with E-state index >= 15 is 0 Å². The molecule has 3 rings (SSSR count). The number of carbonyl (C=O) groups is 3. The van der Waals surface area contributed by atoms with Gasteiger partial charge in [0.25, 0.3) is 0 Å². The first-order valence-corrected chi connectivity index (χ1v) is 14.6. The fraction of sp³-hybridized carbons (Fsp3) is 0.382. The molecular formula is C34H42N2O7. The minimum Gasteiger partial charge on any atom is -0.461 e. The van der Waals surface area contributed by atoms with Crippen molar-refractivity contribution in [3.8, 4) is 0 Å². The third-order valence-corrected chi connectivity index (χ3v) is 7.07. The summed E-state index contributed by atoms with van der Waals surface area (Å²) < 4.78 is 16.2. The molecule has 1 atom stereocenters. The van der Waals surface area contributed by atoms with E-state index in [-0.39, 0.29) is 58.3 Å². The maximum Gasteiger partial charge on any atom is 0.306 e. The zero-order chi connectivity index (χ0) is 30.8. The van der Waals surface area contributed by atoms with Crippen LogP contribution in [-0.2, 0) is 48.4 Å². The summed E-state index contributed by atoms with van der Waals surface area (Å²) >= 11 is 0. The fourth-order valence-corrected chi connectivity index (χ4v) is 4.62. The van der Waals surface area contributed by atoms with Crippen molar-refractivity contribution < 1.29 is 33.7 Å². The van der Waals surface area contributed by atoms with Gasteiger partial charge in [-0.1, -0.05) is 91.0 Å². The van der Waals surface area contributed by atoms with Gasteiger partial charge < -0.3 is 30.4 Å². The van der Waals surface area contributed by atoms with Gasteiger partial charge in [-0.05, 0) is 36.0 Å². The highest BCUT2D eigenvalue weighted by Gasteiger charge is 2.37. The summed E-state index contributed by atoms with van der Waals surface area (Å²) in [6.45, 7) is 1.04. The molecule has 0 bridgehead atoms. The van der Waals surface area contributed by atoms with Gasteiger partial charge in [-0.3, -0.25) is 14.4 Å². The summed E-state index contributed by atoms with van der Waals surface area (Å²) in [6.07, 6.45) is 0.0849. The van der Waals surface area contributed by atoms with Crippen LogP contribution in [0, 0.1) is 0 Å². The quantitative estimate of drug-likeness (QED) is 0.139. The Hall–Kier alpha value is -4.05. The maximum atomic E-state index is 12.6. The van der Waals surface area contributed by atoms with E-state index in [1.807, 2.05) is 91.0 Å². The van der Waals surface area contributed by atoms with E-state index in [4.69, 9.17) is 19.9 Å². The average molecular weight is 591 g/mol. The van der Waals surface area contributed by atoms with Gasteiger partial charge in [0.05, 0.1) is 5.60 Å². The van der Waals surface area contributed by atoms with Crippen molar-refractivity contribution in [3.63, 3.8) is 0 Å². The monoisotopic (exact) mass is 590 g/mol. The van der Waals surface area contributed by atoms with Crippen LogP contribution >= 0.6 is 0 Å². The SMILES string of the molecule is NCCNC(CCC(=O)OCc1ccccc1)C(O)(CCC(=O)OCc1ccccc1)CCC(=O)OCc1ccccc1. The van der Waals surface area contributed by atoms with Crippen molar-refractivity contribution in [1.29, 1.82) is 0 Å². The predicted molar refractivity (Wildman–Crippen MR) is 162 cm³/mol. The van der Waals surface area contributed by atoms with Crippen LogP contribution in [-0.4, -0.2) is 47.7 Å². The van der Waals surface area contributed by atoms with E-state index in [1.54, 1.807) is 0 Å². The van der Waals surface area contributed by atoms with Crippen LogP contribution in [0.15, 0.2) is 91.0 Å². The van der Waals surface area contributed by atoms with Gasteiger partial charge in [-0.15, -0.1) is 0 Å². The first-order valence-electron chi connectivity index (χ1n) is 14.6. The second kappa shape index (κ2) is 18.5. The van der Waals surface area contributed by atoms with Gasteiger partial charge in [-0.2, -0.15) is 0 Å². The molecule has 0 fully saturated rings. The standard InChI is InChI=1S/C34H42N2O7/c35-22-23-36-30(16-17-31(37)41-24-27-10-4-1-5-11-27)34(40,20-18-32(38)42-25-28-12-6-2-7-13-28)21-19-33(39)43-26-29-14-8-3-9-15-29/h1-15,30,36,40H,16-26,35H2. The zero-order valence-corrected chi connectivity index (χ0v) is 24.5. The summed E-state index contributed by atoms with van der Waals surface area (Å²) in [4.78, 5) is 37.9. The van der Waals surface area contributed by atoms with Gasteiger partial charge in [0.15, 0.2) is 0 Å². The van der Waals surface area contributed by atoms with E-state index < -0.39 is 29.6 Å². The highest BCUT2D eigenvalue weighted by atomic mass is 16.5. The van der Waals surface area contributed by atoms with Crippen LogP contribution in [0.5, 0.6) is 0 Å². The zero-order valence-electron chi connectivity index (χ0n) is 24.5. The molecule has 0 saturated heterocycles. The lowest BCUT2D eigenvalue weighted by Gasteiger charge is -2.37. The molecule has 0 aliphatic carbocycles. The number of rotatable bonds is 19. The van der Waals surface area contributed by atoms with Crippen molar-refractivity contribution in [2.45, 2.75) is 70.0 Å². The lowest BCUT2D eigenvalue weighted by Crippen LogP contribution is -2.52. The molecule has 3 aromatic carbocycles. The maximum absolute atomic E-state index is 12.6. The fourth-order valence-electron chi connectivity index (χ4n) is 4.62. The average Bonchev–Trinajstić information content (AvgIpc) is 3.05. The number of nitrogens with two attached hydrogens (primary N) is 1. The largest absolute Gasteiger partial charge is 0.461 e. The molecular weight excluding hydrogens is 548 g/mol. The molecule has 3 aromatic rings. The smallest absolute Gasteiger partial charge is 0.306 e. The van der Waals surface area contributed by atoms with E-state index in [9.17, 15) is 19.5 Å². The lowest BCUT2D eigenvalue weighted by molar-refractivity contribution is -0.150. The minimum atomic E-state index is -1.54. The Balaban J connectivity index is 1.63. The van der Waals surface area contributed by atoms with Crippen LogP contribution in [0.2, 0.25) is 0 Å². The number of aliphatic hydroxyl groups is 1. The van der Waals surface area contributed by atoms with Crippen LogP contribution in [0.1, 0.15) is 55.2 Å². The van der Waals surface area contributed by atoms with E-state index in [2.05, 4.69) is 5.32 Å². The number of benzene rings is 3. The molecule has 0 amide bonds. The van der Waals surface area contributed by atoms with Crippen molar-refractivity contribution in [2.75, 3.05) is 13.1 Å². The normalized spacial score (nSPS) is 11.9. The third kappa shape index (κ3) is 12.8. The van der Waals surface area contributed by atoms with Gasteiger partial charge in [0.1, 0.15) is 19.8 Å². The highest BCUT2D eigenvalue weighted by molar-refractivity contribution is 5.71. The first-order chi connectivity index (χ1) is 20.9. The molecule has 9 heteroatoms. The number of esters is 3. The van der Waals surface area contributed by atoms with Crippen LogP contribution < -0.4 is 11.1 Å². The summed E-state index contributed by atoms with van der Waals surface area (Å²) in [5.74, 6) is -1.38. The molecule has 0 saturated carbocycles. The van der Waals surface area contributed by atoms with Crippen molar-refractivity contribution >= 4 is 17.9 Å². The Morgan fingerprint density at radius 2 is 1.02 bits per heavy atom. The molecule has 43 heavy (non-hydrogen) atoms. The summed E-state index contributed by atoms with van der Waals surface area (Å²) in [5.41, 5.74) is 6.77. The number of hydrogen-bond donors (Lipinski definition) is 3. The van der Waals surface area contributed by atoms with E-state index in [1.165, 1.54) is 0 Å². The number of ether oxygens (including phenoxy) is 3. The van der Waals surface area contributed by atoms with Crippen molar-refractivity contribution in [3.05, 3.63) is 108 Å². The second-order valence-electron chi connectivity index (χ2n) is 10.4. The molecule has 230 valence electrons. The Kier molecular flexibility index (Phi) is 14.4. The number of nitrogens with one attached hydrogen (secondary N) is 1. The summed E-state index contributed by atoms with van der Waals surface area (Å²) in [5, 5.41) is 15.1. The second-order valence-corrected chi connectivity index (χ2v) is 10.4. The summed E-state index contributed by atoms with van der Waals surface area (Å²) in [6, 6.07) is 27.3. The molecule has 0 aliphatic heterocycles. The molecule has 0 spiro atoms. The van der Waals surface area contributed by atoms with Gasteiger partial charge in [-0.25, -0.2) is 0 Å². The van der Waals surface area contributed by atoms with Gasteiger partial charge in [0.2, 0.25) is 0 Å². The Labute approximate surface area is 253 Å². The van der Waals surface area contributed by atoms with E-state index in [0.717, 1.165) is 16.7 Å². The molecule has 0 radical (unpaired) electrons. The van der Waals surface area contributed by atoms with Gasteiger partial charge in [0, 0.05) is 38.4 Å². The Morgan fingerprint density at radius 1 is 0.651 bits per heavy atom. The van der Waals surface area contributed by atoms with Crippen molar-refractivity contribution in [2.24, 2.45) is 5.73 Å². The van der Waals surface area contributed by atoms with Crippen LogP contribution in [0.25, 0.3) is 0 Å². The lowest BCUT2D eigenvalue weighted by atomic mass is 9.82. The Morgan fingerprint density at radius 3 is 1.40 bits per heavy atom. The molecule has 0 aromatic heterocycles. The minimum absolute atomic E-state index is 0.00783. The van der Waals surface area contributed by atoms with Crippen LogP contribution in [0.4, 0.5) is 0 Å². The van der Waals surface area contributed by atoms with Crippen molar-refractivity contribution in [1.82, 2.24) is 5.32 Å². The topological polar surface area (TPSA) is 137 Å². The molecule has 0 heterocycles. The Bertz CT molecular complexity index is 1180. The molecule has 1 unspecified atom stereocenters. The molecule has 0 aliphatic rings. The van der Waals surface area contributed by atoms with Crippen LogP contribution in [0.3, 0.4) is 0 Å². The molecule has 4 N–H and O–H groups in total. The summed E-state index contributed by atoms with van der Waals surface area (Å²) in [7, 11) is 0. The first kappa shape index (κ1) is 33.5.